The first-order chi connectivity index (χ1) is 12.5. The third-order valence-corrected chi connectivity index (χ3v) is 4.06. The van der Waals surface area contributed by atoms with E-state index in [4.69, 9.17) is 5.73 Å². The van der Waals surface area contributed by atoms with Gasteiger partial charge in [-0.25, -0.2) is 9.67 Å². The molecule has 0 spiro atoms. The highest BCUT2D eigenvalue weighted by Crippen LogP contribution is 2.15. The zero-order chi connectivity index (χ0) is 18.5. The maximum absolute atomic E-state index is 12.5. The molecule has 7 nitrogen and oxygen atoms in total. The van der Waals surface area contributed by atoms with Crippen molar-refractivity contribution in [3.8, 4) is 5.69 Å². The predicted molar refractivity (Wildman–Crippen MR) is 96.7 cm³/mol. The number of primary amides is 1. The van der Waals surface area contributed by atoms with Gasteiger partial charge in [-0.05, 0) is 36.2 Å². The summed E-state index contributed by atoms with van der Waals surface area (Å²) in [4.78, 5) is 28.2. The molecule has 7 heteroatoms. The average Bonchev–Trinajstić information content (AvgIpc) is 3.16. The lowest BCUT2D eigenvalue weighted by Gasteiger charge is -2.16. The van der Waals surface area contributed by atoms with Crippen LogP contribution in [-0.2, 0) is 11.2 Å². The Morgan fingerprint density at radius 2 is 1.96 bits per heavy atom. The number of nitrogens with zero attached hydrogens (tertiary/aromatic N) is 3. The molecule has 3 aromatic rings. The summed E-state index contributed by atoms with van der Waals surface area (Å²) in [5, 5.41) is 6.80. The van der Waals surface area contributed by atoms with Crippen molar-refractivity contribution in [1.29, 1.82) is 0 Å². The summed E-state index contributed by atoms with van der Waals surface area (Å²) in [5.74, 6) is -0.920. The SMILES string of the molecule is Cc1cc(C(=O)N[C@H](Cc2ccccc2)C(N)=O)ccc1-n1cncn1. The minimum atomic E-state index is -0.778. The van der Waals surface area contributed by atoms with Gasteiger partial charge >= 0.3 is 0 Å². The third kappa shape index (κ3) is 3.94. The van der Waals surface area contributed by atoms with Gasteiger partial charge in [-0.2, -0.15) is 5.10 Å². The van der Waals surface area contributed by atoms with E-state index in [0.29, 0.717) is 12.0 Å². The Bertz CT molecular complexity index is 907. The Morgan fingerprint density at radius 1 is 1.19 bits per heavy atom. The molecule has 3 N–H and O–H groups in total. The van der Waals surface area contributed by atoms with Crippen molar-refractivity contribution < 1.29 is 9.59 Å². The summed E-state index contributed by atoms with van der Waals surface area (Å²) in [5.41, 5.74) is 8.52. The molecule has 1 aromatic heterocycles. The molecule has 132 valence electrons. The van der Waals surface area contributed by atoms with Gasteiger partial charge < -0.3 is 11.1 Å². The van der Waals surface area contributed by atoms with Crippen molar-refractivity contribution in [2.75, 3.05) is 0 Å². The normalized spacial score (nSPS) is 11.7. The number of aromatic nitrogens is 3. The van der Waals surface area contributed by atoms with Gasteiger partial charge in [-0.15, -0.1) is 0 Å². The molecule has 0 radical (unpaired) electrons. The van der Waals surface area contributed by atoms with Crippen LogP contribution in [0.4, 0.5) is 0 Å². The summed E-state index contributed by atoms with van der Waals surface area (Å²) < 4.78 is 1.62. The second-order valence-electron chi connectivity index (χ2n) is 5.96. The first-order valence-electron chi connectivity index (χ1n) is 8.14. The predicted octanol–water partition coefficient (Wildman–Crippen LogP) is 1.40. The fraction of sp³-hybridized carbons (Fsp3) is 0.158. The van der Waals surface area contributed by atoms with Crippen LogP contribution in [0, 0.1) is 6.92 Å². The van der Waals surface area contributed by atoms with Gasteiger partial charge in [0.15, 0.2) is 0 Å². The van der Waals surface area contributed by atoms with Gasteiger partial charge in [0, 0.05) is 12.0 Å². The van der Waals surface area contributed by atoms with Crippen LogP contribution in [0.3, 0.4) is 0 Å². The molecule has 0 saturated heterocycles. The van der Waals surface area contributed by atoms with Crippen LogP contribution in [0.25, 0.3) is 5.69 Å². The molecule has 0 saturated carbocycles. The number of rotatable bonds is 6. The van der Waals surface area contributed by atoms with Gasteiger partial charge in [0.25, 0.3) is 5.91 Å². The van der Waals surface area contributed by atoms with E-state index in [1.54, 1.807) is 29.2 Å². The Morgan fingerprint density at radius 3 is 2.58 bits per heavy atom. The summed E-state index contributed by atoms with van der Waals surface area (Å²) >= 11 is 0. The summed E-state index contributed by atoms with van der Waals surface area (Å²) in [6.07, 6.45) is 3.38. The molecule has 26 heavy (non-hydrogen) atoms. The second-order valence-corrected chi connectivity index (χ2v) is 5.96. The monoisotopic (exact) mass is 349 g/mol. The number of hydrogen-bond donors (Lipinski definition) is 2. The number of carbonyl (C=O) groups is 2. The topological polar surface area (TPSA) is 103 Å². The molecular formula is C19H19N5O2. The molecule has 3 rings (SSSR count). The van der Waals surface area contributed by atoms with Crippen molar-refractivity contribution in [3.05, 3.63) is 77.9 Å². The van der Waals surface area contributed by atoms with Crippen LogP contribution in [0.2, 0.25) is 0 Å². The fourth-order valence-corrected chi connectivity index (χ4v) is 2.70. The first kappa shape index (κ1) is 17.3. The molecule has 0 unspecified atom stereocenters. The van der Waals surface area contributed by atoms with Gasteiger partial charge in [-0.1, -0.05) is 30.3 Å². The Kier molecular flexibility index (Phi) is 5.07. The van der Waals surface area contributed by atoms with Crippen molar-refractivity contribution >= 4 is 11.8 Å². The van der Waals surface area contributed by atoms with E-state index >= 15 is 0 Å². The zero-order valence-corrected chi connectivity index (χ0v) is 14.3. The molecule has 1 heterocycles. The molecule has 2 aromatic carbocycles. The van der Waals surface area contributed by atoms with Crippen LogP contribution < -0.4 is 11.1 Å². The maximum atomic E-state index is 12.5. The van der Waals surface area contributed by atoms with Crippen molar-refractivity contribution in [2.45, 2.75) is 19.4 Å². The molecule has 0 bridgehead atoms. The van der Waals surface area contributed by atoms with Crippen molar-refractivity contribution in [3.63, 3.8) is 0 Å². The van der Waals surface area contributed by atoms with Gasteiger partial charge in [0.1, 0.15) is 18.7 Å². The standard InChI is InChI=1S/C19H19N5O2/c1-13-9-15(7-8-17(13)24-12-21-11-22-24)19(26)23-16(18(20)25)10-14-5-3-2-4-6-14/h2-9,11-12,16H,10H2,1H3,(H2,20,25)(H,23,26)/t16-/m1/s1. The third-order valence-electron chi connectivity index (χ3n) is 4.06. The van der Waals surface area contributed by atoms with Crippen molar-refractivity contribution in [2.24, 2.45) is 5.73 Å². The Hall–Kier alpha value is -3.48. The number of hydrogen-bond acceptors (Lipinski definition) is 4. The molecule has 0 aliphatic rings. The number of amides is 2. The average molecular weight is 349 g/mol. The summed E-state index contributed by atoms with van der Waals surface area (Å²) in [7, 11) is 0. The second kappa shape index (κ2) is 7.60. The summed E-state index contributed by atoms with van der Waals surface area (Å²) in [6.45, 7) is 1.88. The summed E-state index contributed by atoms with van der Waals surface area (Å²) in [6, 6.07) is 13.9. The maximum Gasteiger partial charge on any atom is 0.251 e. The minimum absolute atomic E-state index is 0.345. The number of nitrogens with one attached hydrogen (secondary N) is 1. The first-order valence-corrected chi connectivity index (χ1v) is 8.14. The lowest BCUT2D eigenvalue weighted by Crippen LogP contribution is -2.45. The smallest absolute Gasteiger partial charge is 0.251 e. The molecular weight excluding hydrogens is 330 g/mol. The molecule has 0 aliphatic carbocycles. The van der Waals surface area contributed by atoms with Gasteiger partial charge in [0.2, 0.25) is 5.91 Å². The Labute approximate surface area is 150 Å². The number of aryl methyl sites for hydroxylation is 1. The van der Waals surface area contributed by atoms with Gasteiger partial charge in [0.05, 0.1) is 5.69 Å². The van der Waals surface area contributed by atoms with E-state index in [-0.39, 0.29) is 5.91 Å². The van der Waals surface area contributed by atoms with Crippen LogP contribution in [0.15, 0.2) is 61.2 Å². The number of carbonyl (C=O) groups excluding carboxylic acids is 2. The largest absolute Gasteiger partial charge is 0.368 e. The number of nitrogens with two attached hydrogens (primary N) is 1. The van der Waals surface area contributed by atoms with E-state index < -0.39 is 11.9 Å². The fourth-order valence-electron chi connectivity index (χ4n) is 2.70. The highest BCUT2D eigenvalue weighted by molar-refractivity contribution is 5.97. The van der Waals surface area contributed by atoms with Crippen LogP contribution in [-0.4, -0.2) is 32.6 Å². The van der Waals surface area contributed by atoms with E-state index in [2.05, 4.69) is 15.4 Å². The Balaban J connectivity index is 1.75. The van der Waals surface area contributed by atoms with Gasteiger partial charge in [-0.3, -0.25) is 9.59 Å². The van der Waals surface area contributed by atoms with E-state index in [1.165, 1.54) is 6.33 Å². The molecule has 0 aliphatic heterocycles. The van der Waals surface area contributed by atoms with Crippen molar-refractivity contribution in [1.82, 2.24) is 20.1 Å². The van der Waals surface area contributed by atoms with Crippen LogP contribution in [0.1, 0.15) is 21.5 Å². The zero-order valence-electron chi connectivity index (χ0n) is 14.3. The van der Waals surface area contributed by atoms with E-state index in [9.17, 15) is 9.59 Å². The molecule has 0 fully saturated rings. The van der Waals surface area contributed by atoms with E-state index in [0.717, 1.165) is 16.8 Å². The molecule has 2 amide bonds. The highest BCUT2D eigenvalue weighted by Gasteiger charge is 2.20. The van der Waals surface area contributed by atoms with Crippen LogP contribution >= 0.6 is 0 Å². The molecule has 1 atom stereocenters. The van der Waals surface area contributed by atoms with E-state index in [1.807, 2.05) is 37.3 Å². The number of benzene rings is 2. The quantitative estimate of drug-likeness (QED) is 0.702. The lowest BCUT2D eigenvalue weighted by molar-refractivity contribution is -0.119. The lowest BCUT2D eigenvalue weighted by atomic mass is 10.0. The highest BCUT2D eigenvalue weighted by atomic mass is 16.2. The minimum Gasteiger partial charge on any atom is -0.368 e. The van der Waals surface area contributed by atoms with Crippen LogP contribution in [0.5, 0.6) is 0 Å².